The summed E-state index contributed by atoms with van der Waals surface area (Å²) in [5, 5.41) is 0. The summed E-state index contributed by atoms with van der Waals surface area (Å²) in [6.45, 7) is 1.75. The third-order valence-corrected chi connectivity index (χ3v) is 1.53. The fourth-order valence-corrected chi connectivity index (χ4v) is 0.975. The van der Waals surface area contributed by atoms with Crippen LogP contribution in [-0.4, -0.2) is 10.4 Å². The Labute approximate surface area is 75.3 Å². The highest BCUT2D eigenvalue weighted by Gasteiger charge is 2.08. The zero-order valence-corrected chi connectivity index (χ0v) is 7.28. The second-order valence-corrected chi connectivity index (χ2v) is 2.59. The van der Waals surface area contributed by atoms with Gasteiger partial charge in [-0.1, -0.05) is 0 Å². The van der Waals surface area contributed by atoms with Crippen LogP contribution in [0.4, 0.5) is 4.79 Å². The molecule has 0 fully saturated rings. The van der Waals surface area contributed by atoms with E-state index in [1.807, 2.05) is 0 Å². The van der Waals surface area contributed by atoms with Crippen molar-refractivity contribution in [1.82, 2.24) is 4.98 Å². The van der Waals surface area contributed by atoms with Crippen molar-refractivity contribution in [2.24, 2.45) is 0 Å². The Morgan fingerprint density at radius 1 is 1.58 bits per heavy atom. The van der Waals surface area contributed by atoms with E-state index in [-0.39, 0.29) is 6.10 Å². The number of hydrogen-bond acceptors (Lipinski definition) is 3. The molecule has 0 aliphatic heterocycles. The topological polar surface area (TPSA) is 39.2 Å². The van der Waals surface area contributed by atoms with Gasteiger partial charge in [-0.2, -0.15) is 0 Å². The summed E-state index contributed by atoms with van der Waals surface area (Å²) in [5.41, 5.74) is 0.0818. The first-order chi connectivity index (χ1) is 5.70. The molecular weight excluding hydrogens is 178 g/mol. The van der Waals surface area contributed by atoms with Crippen LogP contribution in [0.1, 0.15) is 18.6 Å². The van der Waals surface area contributed by atoms with E-state index < -0.39 is 5.43 Å². The molecule has 0 N–H and O–H groups in total. The first-order valence-corrected chi connectivity index (χ1v) is 3.84. The summed E-state index contributed by atoms with van der Waals surface area (Å²) in [6, 6.07) is 3.54. The molecule has 64 valence electrons. The zero-order chi connectivity index (χ0) is 8.97. The molecule has 0 saturated carbocycles. The molecule has 0 aromatic carbocycles. The van der Waals surface area contributed by atoms with Crippen LogP contribution < -0.4 is 0 Å². The highest BCUT2D eigenvalue weighted by Crippen LogP contribution is 2.16. The fraction of sp³-hybridized carbons (Fsp3) is 0.250. The highest BCUT2D eigenvalue weighted by atomic mass is 35.5. The highest BCUT2D eigenvalue weighted by molar-refractivity contribution is 6.61. The van der Waals surface area contributed by atoms with Crippen LogP contribution in [0.5, 0.6) is 0 Å². The molecular formula is C8H8ClNO2. The first-order valence-electron chi connectivity index (χ1n) is 3.46. The van der Waals surface area contributed by atoms with Crippen LogP contribution >= 0.6 is 11.6 Å². The van der Waals surface area contributed by atoms with Gasteiger partial charge in [-0.3, -0.25) is 4.98 Å². The maximum Gasteiger partial charge on any atom is 0.404 e. The summed E-state index contributed by atoms with van der Waals surface area (Å²) in [4.78, 5) is 14.2. The van der Waals surface area contributed by atoms with Crippen molar-refractivity contribution in [3.63, 3.8) is 0 Å². The first kappa shape index (κ1) is 9.00. The van der Waals surface area contributed by atoms with E-state index in [2.05, 4.69) is 4.98 Å². The van der Waals surface area contributed by atoms with E-state index in [9.17, 15) is 4.79 Å². The number of rotatable bonds is 2. The molecule has 0 saturated heterocycles. The molecule has 0 aliphatic carbocycles. The Hall–Kier alpha value is -1.09. The summed E-state index contributed by atoms with van der Waals surface area (Å²) >= 11 is 5.05. The molecule has 0 aliphatic rings. The van der Waals surface area contributed by atoms with Gasteiger partial charge in [0.1, 0.15) is 6.10 Å². The number of ether oxygens (including phenoxy) is 1. The average molecular weight is 186 g/mol. The Bertz CT molecular complexity index is 263. The largest absolute Gasteiger partial charge is 0.446 e. The van der Waals surface area contributed by atoms with E-state index >= 15 is 0 Å². The molecule has 0 bridgehead atoms. The number of pyridine rings is 1. The van der Waals surface area contributed by atoms with Crippen LogP contribution in [0, 0.1) is 0 Å². The van der Waals surface area contributed by atoms with Gasteiger partial charge >= 0.3 is 5.43 Å². The third kappa shape index (κ3) is 2.51. The van der Waals surface area contributed by atoms with Gasteiger partial charge in [0.15, 0.2) is 0 Å². The lowest BCUT2D eigenvalue weighted by Crippen LogP contribution is -2.01. The summed E-state index contributed by atoms with van der Waals surface area (Å²) in [5.74, 6) is 0. The van der Waals surface area contributed by atoms with E-state index in [4.69, 9.17) is 16.3 Å². The summed E-state index contributed by atoms with van der Waals surface area (Å²) < 4.78 is 4.73. The third-order valence-electron chi connectivity index (χ3n) is 1.44. The maximum absolute atomic E-state index is 10.4. The molecule has 0 amide bonds. The van der Waals surface area contributed by atoms with E-state index in [1.165, 1.54) is 0 Å². The van der Waals surface area contributed by atoms with Crippen molar-refractivity contribution in [1.29, 1.82) is 0 Å². The molecule has 1 heterocycles. The Morgan fingerprint density at radius 2 is 2.17 bits per heavy atom. The second-order valence-electron chi connectivity index (χ2n) is 2.28. The summed E-state index contributed by atoms with van der Waals surface area (Å²) in [7, 11) is 0. The minimum Gasteiger partial charge on any atom is -0.446 e. The lowest BCUT2D eigenvalue weighted by atomic mass is 10.2. The van der Waals surface area contributed by atoms with Gasteiger partial charge in [-0.05, 0) is 24.6 Å². The van der Waals surface area contributed by atoms with Gasteiger partial charge in [0.05, 0.1) is 0 Å². The van der Waals surface area contributed by atoms with E-state index in [0.29, 0.717) is 0 Å². The van der Waals surface area contributed by atoms with E-state index in [0.717, 1.165) is 5.56 Å². The molecule has 1 rings (SSSR count). The molecule has 12 heavy (non-hydrogen) atoms. The van der Waals surface area contributed by atoms with Gasteiger partial charge in [-0.25, -0.2) is 4.79 Å². The van der Waals surface area contributed by atoms with Crippen LogP contribution in [0.3, 0.4) is 0 Å². The molecule has 1 aromatic rings. The predicted octanol–water partition coefficient (Wildman–Crippen LogP) is 2.52. The van der Waals surface area contributed by atoms with Crippen molar-refractivity contribution in [3.05, 3.63) is 30.1 Å². The lowest BCUT2D eigenvalue weighted by molar-refractivity contribution is 0.132. The zero-order valence-electron chi connectivity index (χ0n) is 6.53. The normalized spacial score (nSPS) is 12.2. The number of carbonyl (C=O) groups excluding carboxylic acids is 1. The number of halogens is 1. The molecule has 1 atom stereocenters. The van der Waals surface area contributed by atoms with Crippen LogP contribution in [0.2, 0.25) is 0 Å². The fourth-order valence-electron chi connectivity index (χ4n) is 0.841. The van der Waals surface area contributed by atoms with Crippen molar-refractivity contribution in [2.45, 2.75) is 13.0 Å². The number of aromatic nitrogens is 1. The van der Waals surface area contributed by atoms with Gasteiger partial charge in [-0.15, -0.1) is 0 Å². The van der Waals surface area contributed by atoms with Crippen molar-refractivity contribution in [3.8, 4) is 0 Å². The summed E-state index contributed by atoms with van der Waals surface area (Å²) in [6.07, 6.45) is 2.94. The van der Waals surface area contributed by atoms with Crippen LogP contribution in [0.25, 0.3) is 0 Å². The lowest BCUT2D eigenvalue weighted by Gasteiger charge is -2.09. The minimum absolute atomic E-state index is 0.321. The SMILES string of the molecule is CC(OC(=O)Cl)c1ccncc1. The standard InChI is InChI=1S/C8H8ClNO2/c1-6(12-8(9)11)7-2-4-10-5-3-7/h2-6H,1H3. The molecule has 0 radical (unpaired) electrons. The van der Waals surface area contributed by atoms with E-state index in [1.54, 1.807) is 31.5 Å². The van der Waals surface area contributed by atoms with Crippen LogP contribution in [-0.2, 0) is 4.74 Å². The van der Waals surface area contributed by atoms with Crippen molar-refractivity contribution < 1.29 is 9.53 Å². The predicted molar refractivity (Wildman–Crippen MR) is 45.0 cm³/mol. The number of carbonyl (C=O) groups is 1. The monoisotopic (exact) mass is 185 g/mol. The van der Waals surface area contributed by atoms with Crippen LogP contribution in [0.15, 0.2) is 24.5 Å². The Balaban J connectivity index is 2.65. The molecule has 1 unspecified atom stereocenters. The second kappa shape index (κ2) is 4.07. The van der Waals surface area contributed by atoms with Gasteiger partial charge in [0.2, 0.25) is 0 Å². The van der Waals surface area contributed by atoms with Gasteiger partial charge in [0.25, 0.3) is 0 Å². The van der Waals surface area contributed by atoms with Gasteiger partial charge < -0.3 is 4.74 Å². The molecule has 4 heteroatoms. The number of nitrogens with zero attached hydrogens (tertiary/aromatic N) is 1. The van der Waals surface area contributed by atoms with Crippen molar-refractivity contribution in [2.75, 3.05) is 0 Å². The average Bonchev–Trinajstić information content (AvgIpc) is 2.05. The quantitative estimate of drug-likeness (QED) is 0.665. The van der Waals surface area contributed by atoms with Crippen molar-refractivity contribution >= 4 is 17.0 Å². The molecule has 1 aromatic heterocycles. The van der Waals surface area contributed by atoms with Gasteiger partial charge in [0, 0.05) is 24.0 Å². The molecule has 0 spiro atoms. The maximum atomic E-state index is 10.4. The Kier molecular flexibility index (Phi) is 3.05. The smallest absolute Gasteiger partial charge is 0.404 e. The number of hydrogen-bond donors (Lipinski definition) is 0. The minimum atomic E-state index is -0.792. The molecule has 3 nitrogen and oxygen atoms in total. The Morgan fingerprint density at radius 3 is 2.67 bits per heavy atom.